The molecular formula is C75H74N14O9S7. The number of carbonyl (C=O) groups is 7. The van der Waals surface area contributed by atoms with E-state index in [2.05, 4.69) is 78.1 Å². The Morgan fingerprint density at radius 1 is 0.543 bits per heavy atom. The second kappa shape index (κ2) is 36.0. The van der Waals surface area contributed by atoms with E-state index in [9.17, 15) is 43.2 Å². The van der Waals surface area contributed by atoms with E-state index in [0.717, 1.165) is 58.7 Å². The van der Waals surface area contributed by atoms with Crippen molar-refractivity contribution in [2.75, 3.05) is 37.6 Å². The normalized spacial score (nSPS) is 11.2. The number of hydrazone groups is 1. The Morgan fingerprint density at radius 2 is 0.952 bits per heavy atom. The smallest absolute Gasteiger partial charge is 0.253 e. The number of hydrazine groups is 1. The molecule has 1 aliphatic heterocycles. The van der Waals surface area contributed by atoms with E-state index in [1.165, 1.54) is 71.6 Å². The van der Waals surface area contributed by atoms with Gasteiger partial charge in [0, 0.05) is 121 Å². The number of nitrogens with zero attached hydrogens (tertiary/aromatic N) is 4. The first-order valence-corrected chi connectivity index (χ1v) is 36.6. The van der Waals surface area contributed by atoms with Gasteiger partial charge < -0.3 is 47.6 Å². The largest absolute Gasteiger partial charge is 0.390 e. The molecule has 12 N–H and O–H groups in total. The molecule has 23 nitrogen and oxygen atoms in total. The van der Waals surface area contributed by atoms with E-state index >= 15 is 0 Å². The second-order valence-electron chi connectivity index (χ2n) is 23.7. The SMILES string of the molecule is CC(=O)Nc1ccc(C(=O)c2c(N)sc(C)c2C)cc1.CC(=O)Nc1ccc(C(=O)c2c(N=C=S)sc(C)c2C)cc1.CC(=O)Nc1ccc(C(=O)c2c(NC(=S)N(N)Cc3ccc[nH]c3=O)sc(C)c2C)cc1.CC(=O)Nc1ccc(C2=NN(Cc3ccc[nH]c3=O)C(=S)Nc3sc(C)c(C)c32)cc1. The first-order chi connectivity index (χ1) is 49.8. The highest BCUT2D eigenvalue weighted by atomic mass is 32.1. The van der Waals surface area contributed by atoms with Crippen molar-refractivity contribution >= 4 is 187 Å². The molecule has 0 fully saturated rings. The van der Waals surface area contributed by atoms with Gasteiger partial charge in [0.15, 0.2) is 27.6 Å². The molecule has 0 saturated heterocycles. The lowest BCUT2D eigenvalue weighted by Crippen LogP contribution is -2.41. The molecule has 105 heavy (non-hydrogen) atoms. The van der Waals surface area contributed by atoms with Crippen LogP contribution in [0.4, 0.5) is 42.8 Å². The van der Waals surface area contributed by atoms with E-state index in [0.29, 0.717) is 87.4 Å². The number of nitrogens with one attached hydrogen (secondary N) is 8. The highest BCUT2D eigenvalue weighted by molar-refractivity contribution is 7.80. The summed E-state index contributed by atoms with van der Waals surface area (Å²) in [5, 5.41) is 30.5. The number of benzene rings is 4. The summed E-state index contributed by atoms with van der Waals surface area (Å²) in [5.41, 5.74) is 18.8. The van der Waals surface area contributed by atoms with Crippen molar-refractivity contribution in [1.29, 1.82) is 0 Å². The number of ketones is 3. The summed E-state index contributed by atoms with van der Waals surface area (Å²) >= 11 is 21.5. The maximum atomic E-state index is 13.3. The molecule has 4 aromatic carbocycles. The van der Waals surface area contributed by atoms with Crippen molar-refractivity contribution < 1.29 is 33.6 Å². The summed E-state index contributed by atoms with van der Waals surface area (Å²) < 4.78 is 0. The first kappa shape index (κ1) is 79.8. The number of aromatic nitrogens is 2. The quantitative estimate of drug-likeness (QED) is 0.0133. The fourth-order valence-corrected chi connectivity index (χ4v) is 15.1. The molecule has 4 amide bonds. The number of thiophene rings is 4. The maximum Gasteiger partial charge on any atom is 0.253 e. The number of fused-ring (bicyclic) bond motifs is 1. The zero-order valence-electron chi connectivity index (χ0n) is 59.1. The Kier molecular flexibility index (Phi) is 27.3. The molecule has 10 aromatic rings. The van der Waals surface area contributed by atoms with Crippen LogP contribution in [0.2, 0.25) is 0 Å². The Hall–Kier alpha value is -10.9. The molecule has 7 heterocycles. The van der Waals surface area contributed by atoms with Crippen LogP contribution in [0.5, 0.6) is 0 Å². The predicted molar refractivity (Wildman–Crippen MR) is 435 cm³/mol. The van der Waals surface area contributed by atoms with Gasteiger partial charge in [0.2, 0.25) is 23.6 Å². The third-order valence-electron chi connectivity index (χ3n) is 16.1. The van der Waals surface area contributed by atoms with Crippen LogP contribution in [-0.2, 0) is 32.3 Å². The van der Waals surface area contributed by atoms with E-state index in [1.54, 1.807) is 126 Å². The summed E-state index contributed by atoms with van der Waals surface area (Å²) in [5.74, 6) is 5.10. The molecule has 0 unspecified atom stereocenters. The number of carbonyl (C=O) groups excluding carboxylic acids is 7. The number of nitrogens with two attached hydrogens (primary N) is 2. The zero-order valence-corrected chi connectivity index (χ0v) is 64.8. The van der Waals surface area contributed by atoms with E-state index in [4.69, 9.17) is 41.1 Å². The molecule has 11 rings (SSSR count). The average molecular weight is 1540 g/mol. The Bertz CT molecular complexity index is 5220. The molecule has 0 radical (unpaired) electrons. The molecular weight excluding hydrogens is 1470 g/mol. The number of hydrogen-bond acceptors (Lipinski definition) is 20. The van der Waals surface area contributed by atoms with Crippen LogP contribution in [0.15, 0.2) is 153 Å². The third kappa shape index (κ3) is 20.5. The topological polar surface area (TPSA) is 341 Å². The van der Waals surface area contributed by atoms with E-state index in [-0.39, 0.29) is 70.3 Å². The molecule has 540 valence electrons. The van der Waals surface area contributed by atoms with Crippen LogP contribution >= 0.6 is 82.0 Å². The van der Waals surface area contributed by atoms with Crippen molar-refractivity contribution in [2.24, 2.45) is 15.9 Å². The van der Waals surface area contributed by atoms with Crippen LogP contribution < -0.4 is 54.6 Å². The first-order valence-electron chi connectivity index (χ1n) is 32.1. The average Bonchev–Trinajstić information content (AvgIpc) is 1.64. The maximum absolute atomic E-state index is 13.3. The van der Waals surface area contributed by atoms with Gasteiger partial charge in [-0.15, -0.1) is 45.3 Å². The zero-order chi connectivity index (χ0) is 76.7. The number of isothiocyanates is 1. The lowest BCUT2D eigenvalue weighted by Gasteiger charge is -2.20. The number of amides is 4. The highest BCUT2D eigenvalue weighted by Crippen LogP contribution is 2.39. The summed E-state index contributed by atoms with van der Waals surface area (Å²) in [6.07, 6.45) is 3.14. The number of thiocarbonyl (C=S) groups is 3. The monoisotopic (exact) mass is 1540 g/mol. The molecule has 0 aliphatic carbocycles. The van der Waals surface area contributed by atoms with Gasteiger partial charge in [-0.25, -0.2) is 10.9 Å². The van der Waals surface area contributed by atoms with Crippen LogP contribution in [0.25, 0.3) is 0 Å². The van der Waals surface area contributed by atoms with Gasteiger partial charge in [-0.2, -0.15) is 10.1 Å². The van der Waals surface area contributed by atoms with Crippen LogP contribution in [-0.4, -0.2) is 82.1 Å². The van der Waals surface area contributed by atoms with Gasteiger partial charge >= 0.3 is 0 Å². The van der Waals surface area contributed by atoms with Crippen LogP contribution in [0.3, 0.4) is 0 Å². The second-order valence-corrected chi connectivity index (χ2v) is 29.6. The summed E-state index contributed by atoms with van der Waals surface area (Å²) in [6, 6.07) is 34.7. The van der Waals surface area contributed by atoms with Crippen molar-refractivity contribution in [1.82, 2.24) is 20.0 Å². The van der Waals surface area contributed by atoms with Gasteiger partial charge in [-0.3, -0.25) is 48.2 Å². The highest BCUT2D eigenvalue weighted by Gasteiger charge is 2.28. The predicted octanol–water partition coefficient (Wildman–Crippen LogP) is 14.7. The van der Waals surface area contributed by atoms with E-state index in [1.807, 2.05) is 65.8 Å². The lowest BCUT2D eigenvalue weighted by molar-refractivity contribution is -0.115. The molecule has 0 atom stereocenters. The van der Waals surface area contributed by atoms with Gasteiger partial charge in [0.05, 0.1) is 39.9 Å². The number of rotatable bonds is 17. The standard InChI is InChI=1S/C22H23N5O3S2.C22H21N5O2S2.C16H14N2O2S2.C15H16N2O2S/c1-12-13(2)32-21(26-22(31)27(23)11-16-5-4-10-24-20(16)30)18(12)19(29)15-6-8-17(9-7-15)25-14(3)28;1-12-13(2)31-21-18(12)19(15-6-8-17(9-7-15)24-14(3)28)26-27(22(30)25-21)11-16-5-4-10-23-20(16)29;1-9-10(2)22-16(17-8-21)14(9)15(20)12-4-6-13(7-5-12)18-11(3)19;1-8-9(2)20-15(16)13(8)14(19)11-4-6-12(7-5-11)17-10(3)18/h4-10H,11,23H2,1-3H3,(H,24,30)(H,25,28)(H,26,31);4-10H,11H2,1-3H3,(H,23,29)(H,24,28)(H,25,30);4-7H,1-3H3,(H,18,19);4-7H,16H2,1-3H3,(H,17,18). The van der Waals surface area contributed by atoms with Gasteiger partial charge in [-0.05, 0) is 211 Å². The van der Waals surface area contributed by atoms with Crippen molar-refractivity contribution in [2.45, 2.75) is 96.2 Å². The molecule has 0 bridgehead atoms. The number of hydrogen-bond donors (Lipinski definition) is 10. The van der Waals surface area contributed by atoms with Crippen LogP contribution in [0.1, 0.15) is 139 Å². The fourth-order valence-electron chi connectivity index (χ4n) is 10.4. The lowest BCUT2D eigenvalue weighted by atomic mass is 10.00. The molecule has 0 saturated carbocycles. The number of H-pyrrole nitrogens is 2. The van der Waals surface area contributed by atoms with Crippen molar-refractivity contribution in [3.8, 4) is 0 Å². The summed E-state index contributed by atoms with van der Waals surface area (Å²) in [6.45, 7) is 21.8. The molecule has 0 spiro atoms. The minimum Gasteiger partial charge on any atom is -0.390 e. The number of pyridine rings is 2. The number of aliphatic imine (C=N–C) groups is 1. The summed E-state index contributed by atoms with van der Waals surface area (Å²) in [7, 11) is 0. The van der Waals surface area contributed by atoms with Gasteiger partial charge in [0.1, 0.15) is 20.7 Å². The number of nitrogen functional groups attached to an aromatic ring is 1. The third-order valence-corrected chi connectivity index (χ3v) is 21.2. The minimum atomic E-state index is -0.243. The minimum absolute atomic E-state index is 0.0845. The van der Waals surface area contributed by atoms with Gasteiger partial charge in [0.25, 0.3) is 11.1 Å². The summed E-state index contributed by atoms with van der Waals surface area (Å²) in [4.78, 5) is 121. The van der Waals surface area contributed by atoms with E-state index < -0.39 is 0 Å². The number of aryl methyl sites for hydroxylation is 4. The number of aromatic amines is 2. The Balaban J connectivity index is 0.000000180. The van der Waals surface area contributed by atoms with Crippen molar-refractivity contribution in [3.63, 3.8) is 0 Å². The molecule has 6 aromatic heterocycles. The molecule has 30 heteroatoms. The fraction of sp³-hybridized carbons (Fsp3) is 0.187. The van der Waals surface area contributed by atoms with Crippen molar-refractivity contribution in [3.05, 3.63) is 252 Å². The van der Waals surface area contributed by atoms with Crippen LogP contribution in [0, 0.1) is 55.4 Å². The number of anilines is 7. The van der Waals surface area contributed by atoms with Gasteiger partial charge in [-0.1, -0.05) is 24.3 Å². The Morgan fingerprint density at radius 3 is 1.40 bits per heavy atom. The molecule has 1 aliphatic rings. The Labute approximate surface area is 637 Å².